The number of phosphoric ester groups is 1. The van der Waals surface area contributed by atoms with E-state index in [1.807, 2.05) is 18.2 Å². The fourth-order valence-electron chi connectivity index (χ4n) is 0.752. The molecule has 0 saturated carbocycles. The van der Waals surface area contributed by atoms with Crippen molar-refractivity contribution in [1.82, 2.24) is 0 Å². The Kier molecular flexibility index (Phi) is 9.54. The zero-order valence-electron chi connectivity index (χ0n) is 7.05. The van der Waals surface area contributed by atoms with Crippen LogP contribution in [-0.2, 0) is 26.2 Å². The molecule has 0 aromatic heterocycles. The van der Waals surface area contributed by atoms with Crippen LogP contribution in [0.2, 0.25) is 0 Å². The first-order chi connectivity index (χ1) is 6.08. The van der Waals surface area contributed by atoms with Crippen LogP contribution in [0, 0.1) is 0 Å². The fourth-order valence-corrected chi connectivity index (χ4v) is 0.972. The molecule has 0 aliphatic rings. The summed E-state index contributed by atoms with van der Waals surface area (Å²) in [6, 6.07) is 9.06. The molecule has 1 rings (SSSR count). The average molecular weight is 264 g/mol. The zero-order chi connectivity index (χ0) is 9.73. The van der Waals surface area contributed by atoms with Crippen molar-refractivity contribution in [2.24, 2.45) is 0 Å². The van der Waals surface area contributed by atoms with Gasteiger partial charge in [-0.2, -0.15) is 0 Å². The SMILES string of the molecule is O=P(O)(O)OC=Cc1ccccc1.[Fe].[LiH]. The normalized spacial score (nSPS) is 10.3. The quantitative estimate of drug-likeness (QED) is 0.487. The van der Waals surface area contributed by atoms with Gasteiger partial charge >= 0.3 is 26.7 Å². The van der Waals surface area contributed by atoms with E-state index in [1.54, 1.807) is 12.1 Å². The van der Waals surface area contributed by atoms with Crippen molar-refractivity contribution in [2.75, 3.05) is 0 Å². The molecule has 0 saturated heterocycles. The standard InChI is InChI=1S/C8H9O4P.Fe.Li.H/c9-13(10,11)12-7-6-8-4-2-1-3-5-8;;;/h1-7H,(H2,9,10,11);;;. The Morgan fingerprint density at radius 1 is 1.20 bits per heavy atom. The number of phosphoric acid groups is 1. The molecule has 0 amide bonds. The van der Waals surface area contributed by atoms with Gasteiger partial charge in [-0.3, -0.25) is 9.79 Å². The van der Waals surface area contributed by atoms with E-state index in [2.05, 4.69) is 4.52 Å². The molecule has 1 aromatic rings. The summed E-state index contributed by atoms with van der Waals surface area (Å²) < 4.78 is 14.4. The van der Waals surface area contributed by atoms with Gasteiger partial charge in [0.25, 0.3) is 0 Å². The predicted octanol–water partition coefficient (Wildman–Crippen LogP) is 1.12. The summed E-state index contributed by atoms with van der Waals surface area (Å²) in [5.41, 5.74) is 0.816. The van der Waals surface area contributed by atoms with Crippen LogP contribution >= 0.6 is 7.82 Å². The predicted molar refractivity (Wildman–Crippen MR) is 55.8 cm³/mol. The molecule has 0 bridgehead atoms. The van der Waals surface area contributed by atoms with Crippen LogP contribution in [0.3, 0.4) is 0 Å². The van der Waals surface area contributed by atoms with Crippen molar-refractivity contribution in [3.05, 3.63) is 42.2 Å². The van der Waals surface area contributed by atoms with Gasteiger partial charge in [0.1, 0.15) is 0 Å². The van der Waals surface area contributed by atoms with E-state index in [1.165, 1.54) is 6.08 Å². The second-order valence-corrected chi connectivity index (χ2v) is 3.50. The van der Waals surface area contributed by atoms with Crippen molar-refractivity contribution in [3.63, 3.8) is 0 Å². The molecule has 0 aliphatic carbocycles. The first-order valence-corrected chi connectivity index (χ1v) is 5.06. The molecule has 0 atom stereocenters. The first-order valence-electron chi connectivity index (χ1n) is 3.53. The molecule has 2 N–H and O–H groups in total. The molecule has 7 heteroatoms. The zero-order valence-corrected chi connectivity index (χ0v) is 9.05. The Hall–Kier alpha value is 0.0269. The van der Waals surface area contributed by atoms with Gasteiger partial charge in [-0.25, -0.2) is 4.57 Å². The van der Waals surface area contributed by atoms with Crippen LogP contribution in [0.1, 0.15) is 5.56 Å². The van der Waals surface area contributed by atoms with Crippen LogP contribution in [-0.4, -0.2) is 28.6 Å². The summed E-state index contributed by atoms with van der Waals surface area (Å²) in [6.45, 7) is 0. The van der Waals surface area contributed by atoms with Crippen LogP contribution in [0.4, 0.5) is 0 Å². The topological polar surface area (TPSA) is 66.8 Å². The summed E-state index contributed by atoms with van der Waals surface area (Å²) in [7, 11) is -4.39. The second kappa shape index (κ2) is 8.21. The maximum atomic E-state index is 10.2. The molecule has 80 valence electrons. The Bertz CT molecular complexity index is 338. The van der Waals surface area contributed by atoms with Gasteiger partial charge in [-0.05, 0) is 11.6 Å². The van der Waals surface area contributed by atoms with E-state index < -0.39 is 7.82 Å². The summed E-state index contributed by atoms with van der Waals surface area (Å²) in [4.78, 5) is 16.7. The molecule has 0 spiro atoms. The van der Waals surface area contributed by atoms with Crippen LogP contribution in [0.5, 0.6) is 0 Å². The average Bonchev–Trinajstić information content (AvgIpc) is 2.04. The van der Waals surface area contributed by atoms with E-state index >= 15 is 0 Å². The fraction of sp³-hybridized carbons (Fsp3) is 0. The minimum atomic E-state index is -4.39. The Morgan fingerprint density at radius 3 is 2.20 bits per heavy atom. The minimum absolute atomic E-state index is 0. The molecular weight excluding hydrogens is 254 g/mol. The van der Waals surface area contributed by atoms with Crippen molar-refractivity contribution in [2.45, 2.75) is 0 Å². The molecule has 0 unspecified atom stereocenters. The summed E-state index contributed by atoms with van der Waals surface area (Å²) >= 11 is 0. The second-order valence-electron chi connectivity index (χ2n) is 2.31. The van der Waals surface area contributed by atoms with Crippen molar-refractivity contribution in [1.29, 1.82) is 0 Å². The van der Waals surface area contributed by atoms with Gasteiger partial charge in [-0.15, -0.1) is 0 Å². The van der Waals surface area contributed by atoms with E-state index in [0.717, 1.165) is 11.8 Å². The number of hydrogen-bond acceptors (Lipinski definition) is 2. The number of rotatable bonds is 3. The maximum absolute atomic E-state index is 10.2. The van der Waals surface area contributed by atoms with E-state index in [4.69, 9.17) is 9.79 Å². The van der Waals surface area contributed by atoms with E-state index in [9.17, 15) is 4.57 Å². The van der Waals surface area contributed by atoms with Gasteiger partial charge in [-0.1, -0.05) is 30.3 Å². The molecule has 15 heavy (non-hydrogen) atoms. The third-order valence-corrected chi connectivity index (χ3v) is 1.65. The Balaban J connectivity index is 0. The van der Waals surface area contributed by atoms with Gasteiger partial charge < -0.3 is 4.52 Å². The summed E-state index contributed by atoms with van der Waals surface area (Å²) in [6.07, 6.45) is 2.45. The van der Waals surface area contributed by atoms with E-state index in [0.29, 0.717) is 0 Å². The molecule has 4 nitrogen and oxygen atoms in total. The van der Waals surface area contributed by atoms with E-state index in [-0.39, 0.29) is 35.9 Å². The molecule has 0 radical (unpaired) electrons. The Labute approximate surface area is 111 Å². The van der Waals surface area contributed by atoms with Gasteiger partial charge in [0.05, 0.1) is 6.26 Å². The third kappa shape index (κ3) is 8.99. The van der Waals surface area contributed by atoms with Gasteiger partial charge in [0, 0.05) is 17.1 Å². The monoisotopic (exact) mass is 264 g/mol. The van der Waals surface area contributed by atoms with Crippen molar-refractivity contribution in [3.8, 4) is 0 Å². The Morgan fingerprint density at radius 2 is 1.73 bits per heavy atom. The molecule has 0 fully saturated rings. The van der Waals surface area contributed by atoms with Gasteiger partial charge in [0.2, 0.25) is 0 Å². The van der Waals surface area contributed by atoms with Gasteiger partial charge in [0.15, 0.2) is 0 Å². The first kappa shape index (κ1) is 17.4. The van der Waals surface area contributed by atoms with Crippen molar-refractivity contribution >= 4 is 32.8 Å². The van der Waals surface area contributed by atoms with Crippen LogP contribution in [0.15, 0.2) is 36.6 Å². The summed E-state index contributed by atoms with van der Waals surface area (Å²) in [5, 5.41) is 0. The molecular formula is C8H10FeLiO4P. The number of benzene rings is 1. The molecule has 0 heterocycles. The molecule has 0 aliphatic heterocycles. The molecule has 1 aromatic carbocycles. The number of hydrogen-bond donors (Lipinski definition) is 2. The third-order valence-electron chi connectivity index (χ3n) is 1.26. The van der Waals surface area contributed by atoms with Crippen molar-refractivity contribution < 1.29 is 35.9 Å². The summed E-state index contributed by atoms with van der Waals surface area (Å²) in [5.74, 6) is 0. The van der Waals surface area contributed by atoms with Crippen LogP contribution < -0.4 is 0 Å². The van der Waals surface area contributed by atoms with Crippen LogP contribution in [0.25, 0.3) is 6.08 Å².